The third-order valence-corrected chi connectivity index (χ3v) is 7.71. The van der Waals surface area contributed by atoms with Crippen molar-refractivity contribution in [1.82, 2.24) is 20.1 Å². The Hall–Kier alpha value is -4.30. The van der Waals surface area contributed by atoms with Gasteiger partial charge in [0.05, 0.1) is 17.2 Å². The lowest BCUT2D eigenvalue weighted by Crippen LogP contribution is -2.21. The van der Waals surface area contributed by atoms with E-state index in [1.165, 1.54) is 24.8 Å². The van der Waals surface area contributed by atoms with Crippen molar-refractivity contribution in [2.45, 2.75) is 38.5 Å². The standard InChI is InChI=1S/C32H31FN4O3/c1-20(38)34-14-2-3-30(39)21-4-6-22(7-5-21)31-27-18-28-24(19-35-36-28)17-29(27)37(26-10-8-25(33)9-11-26)32(31)23-12-15-40-16-13-23/h4-11,17-19,23H,2-3,12-16H2,1H3,(H,34,38)(H,35,36). The number of nitrogens with zero attached hydrogens (tertiary/aromatic N) is 2. The van der Waals surface area contributed by atoms with Crippen molar-refractivity contribution in [1.29, 1.82) is 0 Å². The number of halogens is 1. The van der Waals surface area contributed by atoms with Crippen LogP contribution in [-0.2, 0) is 9.53 Å². The summed E-state index contributed by atoms with van der Waals surface area (Å²) in [6.45, 7) is 3.33. The Kier molecular flexibility index (Phi) is 7.17. The molecule has 0 radical (unpaired) electrons. The first-order valence-corrected chi connectivity index (χ1v) is 13.7. The molecule has 1 fully saturated rings. The normalized spacial score (nSPS) is 14.2. The molecule has 1 amide bonds. The molecule has 7 nitrogen and oxygen atoms in total. The first-order valence-electron chi connectivity index (χ1n) is 13.7. The Balaban J connectivity index is 1.48. The summed E-state index contributed by atoms with van der Waals surface area (Å²) in [5.41, 5.74) is 6.79. The first kappa shape index (κ1) is 26.0. The predicted octanol–water partition coefficient (Wildman–Crippen LogP) is 6.31. The van der Waals surface area contributed by atoms with Crippen molar-refractivity contribution in [3.05, 3.63) is 83.9 Å². The number of fused-ring (bicyclic) bond motifs is 2. The first-order chi connectivity index (χ1) is 19.5. The maximum atomic E-state index is 14.0. The summed E-state index contributed by atoms with van der Waals surface area (Å²) >= 11 is 0. The average molecular weight is 539 g/mol. The maximum Gasteiger partial charge on any atom is 0.216 e. The molecule has 8 heteroatoms. The lowest BCUT2D eigenvalue weighted by atomic mass is 9.89. The van der Waals surface area contributed by atoms with Crippen molar-refractivity contribution in [2.75, 3.05) is 19.8 Å². The van der Waals surface area contributed by atoms with E-state index in [-0.39, 0.29) is 23.4 Å². The van der Waals surface area contributed by atoms with Gasteiger partial charge in [0.1, 0.15) is 5.82 Å². The molecule has 1 aliphatic rings. The van der Waals surface area contributed by atoms with Crippen molar-refractivity contribution >= 4 is 33.5 Å². The Bertz CT molecular complexity index is 1680. The van der Waals surface area contributed by atoms with Gasteiger partial charge in [-0.15, -0.1) is 0 Å². The number of hydrogen-bond donors (Lipinski definition) is 2. The summed E-state index contributed by atoms with van der Waals surface area (Å²) in [5.74, 6) is -0.0748. The molecule has 3 heterocycles. The van der Waals surface area contributed by atoms with Crippen LogP contribution in [0.5, 0.6) is 0 Å². The molecule has 0 aliphatic carbocycles. The summed E-state index contributed by atoms with van der Waals surface area (Å²) in [6, 6.07) is 18.7. The van der Waals surface area contributed by atoms with E-state index in [4.69, 9.17) is 4.74 Å². The van der Waals surface area contributed by atoms with E-state index in [9.17, 15) is 14.0 Å². The number of amides is 1. The van der Waals surface area contributed by atoms with Gasteiger partial charge in [-0.2, -0.15) is 5.10 Å². The molecule has 1 saturated heterocycles. The molecule has 0 bridgehead atoms. The van der Waals surface area contributed by atoms with E-state index >= 15 is 0 Å². The molecule has 6 rings (SSSR count). The van der Waals surface area contributed by atoms with Gasteiger partial charge in [0.15, 0.2) is 5.78 Å². The molecular formula is C32H31FN4O3. The lowest BCUT2D eigenvalue weighted by Gasteiger charge is -2.26. The zero-order chi connectivity index (χ0) is 27.6. The highest BCUT2D eigenvalue weighted by atomic mass is 19.1. The minimum Gasteiger partial charge on any atom is -0.381 e. The molecule has 40 heavy (non-hydrogen) atoms. The number of aromatic amines is 1. The molecule has 5 aromatic rings. The van der Waals surface area contributed by atoms with Crippen LogP contribution in [0.1, 0.15) is 54.6 Å². The Morgan fingerprint density at radius 3 is 2.55 bits per heavy atom. The number of carbonyl (C=O) groups is 2. The summed E-state index contributed by atoms with van der Waals surface area (Å²) in [5, 5.41) is 12.1. The fraction of sp³-hybridized carbons (Fsp3) is 0.281. The number of aromatic nitrogens is 3. The van der Waals surface area contributed by atoms with Crippen LogP contribution in [-0.4, -0.2) is 46.2 Å². The van der Waals surface area contributed by atoms with E-state index in [2.05, 4.69) is 32.2 Å². The van der Waals surface area contributed by atoms with Crippen LogP contribution in [0.3, 0.4) is 0 Å². The molecule has 0 spiro atoms. The number of ether oxygens (including phenoxy) is 1. The molecule has 2 N–H and O–H groups in total. The quantitative estimate of drug-likeness (QED) is 0.179. The number of H-pyrrole nitrogens is 1. The Morgan fingerprint density at radius 1 is 1.07 bits per heavy atom. The average Bonchev–Trinajstić information content (AvgIpc) is 3.57. The monoisotopic (exact) mass is 538 g/mol. The SMILES string of the molecule is CC(=O)NCCCC(=O)c1ccc(-c2c(C3CCOCC3)n(-c3ccc(F)cc3)c3cc4cn[nH]c4cc23)cc1. The highest BCUT2D eigenvalue weighted by molar-refractivity contribution is 6.06. The number of carbonyl (C=O) groups excluding carboxylic acids is 2. The third-order valence-electron chi connectivity index (χ3n) is 7.71. The van der Waals surface area contributed by atoms with Crippen LogP contribution in [0.2, 0.25) is 0 Å². The summed E-state index contributed by atoms with van der Waals surface area (Å²) in [4.78, 5) is 23.9. The van der Waals surface area contributed by atoms with Gasteiger partial charge in [-0.25, -0.2) is 4.39 Å². The van der Waals surface area contributed by atoms with Gasteiger partial charge in [0.2, 0.25) is 5.91 Å². The van der Waals surface area contributed by atoms with Gasteiger partial charge in [-0.1, -0.05) is 24.3 Å². The molecule has 2 aromatic heterocycles. The van der Waals surface area contributed by atoms with E-state index < -0.39 is 0 Å². The fourth-order valence-electron chi connectivity index (χ4n) is 5.75. The Labute approximate surface area is 231 Å². The van der Waals surface area contributed by atoms with Crippen molar-refractivity contribution < 1.29 is 18.7 Å². The molecule has 204 valence electrons. The van der Waals surface area contributed by atoms with E-state index in [1.807, 2.05) is 42.6 Å². The minimum absolute atomic E-state index is 0.0504. The van der Waals surface area contributed by atoms with Crippen LogP contribution >= 0.6 is 0 Å². The fourth-order valence-corrected chi connectivity index (χ4v) is 5.75. The topological polar surface area (TPSA) is 89.0 Å². The second kappa shape index (κ2) is 11.1. The Morgan fingerprint density at radius 2 is 1.82 bits per heavy atom. The third kappa shape index (κ3) is 5.02. The van der Waals surface area contributed by atoms with Gasteiger partial charge in [0, 0.05) is 72.3 Å². The van der Waals surface area contributed by atoms with Crippen LogP contribution in [0.4, 0.5) is 4.39 Å². The summed E-state index contributed by atoms with van der Waals surface area (Å²) < 4.78 is 21.9. The van der Waals surface area contributed by atoms with Gasteiger partial charge in [0.25, 0.3) is 0 Å². The van der Waals surface area contributed by atoms with E-state index in [0.717, 1.165) is 51.5 Å². The number of ketones is 1. The van der Waals surface area contributed by atoms with Gasteiger partial charge in [-0.3, -0.25) is 14.7 Å². The summed E-state index contributed by atoms with van der Waals surface area (Å²) in [6.07, 6.45) is 4.55. The molecular weight excluding hydrogens is 507 g/mol. The molecule has 3 aromatic carbocycles. The second-order valence-electron chi connectivity index (χ2n) is 10.4. The highest BCUT2D eigenvalue weighted by Crippen LogP contribution is 2.44. The van der Waals surface area contributed by atoms with Gasteiger partial charge in [-0.05, 0) is 61.2 Å². The minimum atomic E-state index is -0.275. The number of Topliss-reactive ketones (excluding diaryl/α,β-unsaturated/α-hetero) is 1. The van der Waals surface area contributed by atoms with Crippen molar-refractivity contribution in [3.8, 4) is 16.8 Å². The number of nitrogens with one attached hydrogen (secondary N) is 2. The largest absolute Gasteiger partial charge is 0.381 e. The molecule has 0 unspecified atom stereocenters. The maximum absolute atomic E-state index is 14.0. The number of rotatable bonds is 8. The molecule has 0 atom stereocenters. The van der Waals surface area contributed by atoms with Crippen molar-refractivity contribution in [2.24, 2.45) is 0 Å². The molecule has 1 aliphatic heterocycles. The summed E-state index contributed by atoms with van der Waals surface area (Å²) in [7, 11) is 0. The molecule has 0 saturated carbocycles. The number of benzene rings is 3. The van der Waals surface area contributed by atoms with Crippen LogP contribution in [0.25, 0.3) is 38.6 Å². The second-order valence-corrected chi connectivity index (χ2v) is 10.4. The highest BCUT2D eigenvalue weighted by Gasteiger charge is 2.28. The smallest absolute Gasteiger partial charge is 0.216 e. The van der Waals surface area contributed by atoms with E-state index in [0.29, 0.717) is 38.2 Å². The van der Waals surface area contributed by atoms with Crippen LogP contribution in [0.15, 0.2) is 66.9 Å². The van der Waals surface area contributed by atoms with Crippen molar-refractivity contribution in [3.63, 3.8) is 0 Å². The van der Waals surface area contributed by atoms with Crippen LogP contribution < -0.4 is 5.32 Å². The predicted molar refractivity (Wildman–Crippen MR) is 153 cm³/mol. The van der Waals surface area contributed by atoms with Gasteiger partial charge < -0.3 is 14.6 Å². The number of hydrogen-bond acceptors (Lipinski definition) is 4. The zero-order valence-corrected chi connectivity index (χ0v) is 22.4. The van der Waals surface area contributed by atoms with Gasteiger partial charge >= 0.3 is 0 Å². The lowest BCUT2D eigenvalue weighted by molar-refractivity contribution is -0.118. The van der Waals surface area contributed by atoms with Crippen LogP contribution in [0, 0.1) is 5.82 Å². The van der Waals surface area contributed by atoms with E-state index in [1.54, 1.807) is 0 Å². The zero-order valence-electron chi connectivity index (χ0n) is 22.4.